The number of halogens is 1. The van der Waals surface area contributed by atoms with E-state index in [1.807, 2.05) is 52.0 Å². The Kier molecular flexibility index (Phi) is 4.22. The Bertz CT molecular complexity index is 693. The summed E-state index contributed by atoms with van der Waals surface area (Å²) in [7, 11) is 0.607. The van der Waals surface area contributed by atoms with Gasteiger partial charge in [-0.3, -0.25) is 0 Å². The summed E-state index contributed by atoms with van der Waals surface area (Å²) in [5, 5.41) is 0. The molecule has 0 atom stereocenters. The van der Waals surface area contributed by atoms with Crippen LogP contribution >= 0.6 is 0 Å². The minimum Gasteiger partial charge on any atom is -0.497 e. The van der Waals surface area contributed by atoms with Crippen LogP contribution in [0, 0.1) is 0 Å². The molecule has 0 aliphatic carbocycles. The van der Waals surface area contributed by atoms with Crippen molar-refractivity contribution in [1.29, 1.82) is 0 Å². The maximum atomic E-state index is 14.6. The van der Waals surface area contributed by atoms with E-state index < -0.39 is 24.0 Å². The molecule has 3 rings (SSSR count). The zero-order valence-electron chi connectivity index (χ0n) is 14.7. The van der Waals surface area contributed by atoms with Gasteiger partial charge in [-0.15, -0.1) is 0 Å². The average Bonchev–Trinajstić information content (AvgIpc) is 2.75. The molecule has 6 heteroatoms. The molecule has 2 aliphatic rings. The molecule has 0 unspecified atom stereocenters. The van der Waals surface area contributed by atoms with Crippen molar-refractivity contribution >= 4 is 13.2 Å². The van der Waals surface area contributed by atoms with Crippen molar-refractivity contribution in [3.63, 3.8) is 0 Å². The molecule has 2 heterocycles. The fourth-order valence-electron chi connectivity index (χ4n) is 2.58. The van der Waals surface area contributed by atoms with E-state index in [2.05, 4.69) is 0 Å². The van der Waals surface area contributed by atoms with Crippen LogP contribution in [-0.2, 0) is 9.31 Å². The first-order valence-electron chi connectivity index (χ1n) is 7.96. The topological polar surface area (TPSA) is 36.9 Å². The molecular formula is C18H22BFO4. The molecule has 0 aromatic heterocycles. The summed E-state index contributed by atoms with van der Waals surface area (Å²) < 4.78 is 36.9. The van der Waals surface area contributed by atoms with E-state index >= 15 is 0 Å². The monoisotopic (exact) mass is 332 g/mol. The summed E-state index contributed by atoms with van der Waals surface area (Å²) in [6.45, 7) is 7.88. The van der Waals surface area contributed by atoms with E-state index in [-0.39, 0.29) is 0 Å². The largest absolute Gasteiger partial charge is 0.525 e. The van der Waals surface area contributed by atoms with E-state index in [0.717, 1.165) is 17.1 Å². The summed E-state index contributed by atoms with van der Waals surface area (Å²) >= 11 is 0. The van der Waals surface area contributed by atoms with E-state index in [9.17, 15) is 4.39 Å². The average molecular weight is 332 g/mol. The highest BCUT2D eigenvalue weighted by Crippen LogP contribution is 2.39. The van der Waals surface area contributed by atoms with Crippen LogP contribution in [0.4, 0.5) is 4.39 Å². The zero-order valence-corrected chi connectivity index (χ0v) is 14.7. The number of fused-ring (bicyclic) bond motifs is 1. The molecule has 1 fully saturated rings. The predicted octanol–water partition coefficient (Wildman–Crippen LogP) is 3.96. The van der Waals surface area contributed by atoms with Crippen LogP contribution in [-0.4, -0.2) is 32.0 Å². The second kappa shape index (κ2) is 5.94. The van der Waals surface area contributed by atoms with Gasteiger partial charge in [0.2, 0.25) is 0 Å². The van der Waals surface area contributed by atoms with Crippen molar-refractivity contribution in [2.75, 3.05) is 13.7 Å². The summed E-state index contributed by atoms with van der Waals surface area (Å²) in [6.07, 6.45) is 3.30. The lowest BCUT2D eigenvalue weighted by Gasteiger charge is -2.32. The van der Waals surface area contributed by atoms with E-state index in [0.29, 0.717) is 12.2 Å². The van der Waals surface area contributed by atoms with E-state index in [1.165, 1.54) is 6.08 Å². The van der Waals surface area contributed by atoms with Crippen molar-refractivity contribution in [3.8, 4) is 11.5 Å². The number of benzene rings is 1. The Morgan fingerprint density at radius 3 is 2.50 bits per heavy atom. The van der Waals surface area contributed by atoms with Gasteiger partial charge in [-0.1, -0.05) is 0 Å². The SMILES string of the molecule is COc1ccc2c(c1)C=C(C=C(F)B1OC(C)(C)C(C)(C)O1)CO2. The summed E-state index contributed by atoms with van der Waals surface area (Å²) in [6, 6.07) is 5.53. The number of rotatable bonds is 3. The Morgan fingerprint density at radius 1 is 1.21 bits per heavy atom. The molecule has 0 N–H and O–H groups in total. The molecule has 0 amide bonds. The normalized spacial score (nSPS) is 21.8. The third kappa shape index (κ3) is 3.08. The molecule has 128 valence electrons. The van der Waals surface area contributed by atoms with Crippen molar-refractivity contribution in [2.45, 2.75) is 38.9 Å². The van der Waals surface area contributed by atoms with Gasteiger partial charge in [0.1, 0.15) is 23.8 Å². The number of hydrogen-bond acceptors (Lipinski definition) is 4. The molecule has 1 saturated heterocycles. The zero-order chi connectivity index (χ0) is 17.5. The molecule has 2 aliphatic heterocycles. The molecule has 0 saturated carbocycles. The minimum atomic E-state index is -0.998. The minimum absolute atomic E-state index is 0.298. The fourth-order valence-corrected chi connectivity index (χ4v) is 2.58. The van der Waals surface area contributed by atoms with Gasteiger partial charge in [-0.25, -0.2) is 4.39 Å². The van der Waals surface area contributed by atoms with Gasteiger partial charge in [0, 0.05) is 5.56 Å². The van der Waals surface area contributed by atoms with Gasteiger partial charge >= 0.3 is 7.12 Å². The van der Waals surface area contributed by atoms with Gasteiger partial charge in [-0.05, 0) is 63.6 Å². The Hall–Kier alpha value is -1.79. The van der Waals surface area contributed by atoms with E-state index in [1.54, 1.807) is 7.11 Å². The second-order valence-electron chi connectivity index (χ2n) is 7.03. The summed E-state index contributed by atoms with van der Waals surface area (Å²) in [5.41, 5.74) is -0.0352. The molecular weight excluding hydrogens is 310 g/mol. The van der Waals surface area contributed by atoms with Gasteiger partial charge in [-0.2, -0.15) is 0 Å². The lowest BCUT2D eigenvalue weighted by molar-refractivity contribution is 0.00578. The molecule has 0 radical (unpaired) electrons. The Morgan fingerprint density at radius 2 is 1.88 bits per heavy atom. The standard InChI is InChI=1S/C18H22BFO4/c1-17(2)18(3,4)24-19(23-17)16(20)9-12-8-13-10-14(21-5)6-7-15(13)22-11-12/h6-10H,11H2,1-5H3. The van der Waals surface area contributed by atoms with Crippen LogP contribution < -0.4 is 9.47 Å². The first-order chi connectivity index (χ1) is 11.2. The lowest BCUT2D eigenvalue weighted by Crippen LogP contribution is -2.41. The number of methoxy groups -OCH3 is 1. The maximum Gasteiger partial charge on any atom is 0.525 e. The van der Waals surface area contributed by atoms with Crippen molar-refractivity contribution in [3.05, 3.63) is 41.1 Å². The molecule has 0 spiro atoms. The van der Waals surface area contributed by atoms with Gasteiger partial charge in [0.15, 0.2) is 0 Å². The van der Waals surface area contributed by atoms with Crippen LogP contribution in [0.2, 0.25) is 0 Å². The maximum absolute atomic E-state index is 14.6. The highest BCUT2D eigenvalue weighted by Gasteiger charge is 2.53. The van der Waals surface area contributed by atoms with E-state index in [4.69, 9.17) is 18.8 Å². The molecule has 24 heavy (non-hydrogen) atoms. The third-order valence-corrected chi connectivity index (χ3v) is 4.75. The highest BCUT2D eigenvalue weighted by atomic mass is 19.1. The van der Waals surface area contributed by atoms with Crippen molar-refractivity contribution < 1.29 is 23.2 Å². The van der Waals surface area contributed by atoms with Crippen LogP contribution in [0.25, 0.3) is 6.08 Å². The smallest absolute Gasteiger partial charge is 0.497 e. The number of hydrogen-bond donors (Lipinski definition) is 0. The highest BCUT2D eigenvalue weighted by molar-refractivity contribution is 6.53. The van der Waals surface area contributed by atoms with Gasteiger partial charge in [0.25, 0.3) is 0 Å². The quantitative estimate of drug-likeness (QED) is 0.785. The molecule has 4 nitrogen and oxygen atoms in total. The van der Waals surface area contributed by atoms with Crippen LogP contribution in [0.1, 0.15) is 33.3 Å². The summed E-state index contributed by atoms with van der Waals surface area (Å²) in [5.74, 6) is 1.48. The first kappa shape index (κ1) is 17.1. The van der Waals surface area contributed by atoms with Gasteiger partial charge < -0.3 is 18.8 Å². The molecule has 1 aromatic rings. The van der Waals surface area contributed by atoms with Crippen LogP contribution in [0.3, 0.4) is 0 Å². The molecule has 1 aromatic carbocycles. The summed E-state index contributed by atoms with van der Waals surface area (Å²) in [4.78, 5) is 0. The lowest BCUT2D eigenvalue weighted by atomic mass is 9.86. The Labute approximate surface area is 142 Å². The van der Waals surface area contributed by atoms with Gasteiger partial charge in [0.05, 0.1) is 18.3 Å². The van der Waals surface area contributed by atoms with Crippen LogP contribution in [0.5, 0.6) is 11.5 Å². The fraction of sp³-hybridized carbons (Fsp3) is 0.444. The molecule has 0 bridgehead atoms. The van der Waals surface area contributed by atoms with Crippen LogP contribution in [0.15, 0.2) is 35.6 Å². The second-order valence-corrected chi connectivity index (χ2v) is 7.03. The first-order valence-corrected chi connectivity index (χ1v) is 7.96. The number of ether oxygens (including phenoxy) is 2. The van der Waals surface area contributed by atoms with Crippen molar-refractivity contribution in [1.82, 2.24) is 0 Å². The predicted molar refractivity (Wildman–Crippen MR) is 91.7 cm³/mol. The third-order valence-electron chi connectivity index (χ3n) is 4.75. The van der Waals surface area contributed by atoms with Crippen molar-refractivity contribution in [2.24, 2.45) is 0 Å². The Balaban J connectivity index is 1.82.